The molecule has 0 aromatic carbocycles. The molecular formula is H4CuO2Pb. The van der Waals surface area contributed by atoms with Crippen molar-refractivity contribution in [1.29, 1.82) is 0 Å². The molecule has 0 bridgehead atoms. The number of hydrogen-bond donors (Lipinski definition) is 0. The first kappa shape index (κ1) is 55.0. The maximum absolute atomic E-state index is 0. The van der Waals surface area contributed by atoms with E-state index in [1.807, 2.05) is 0 Å². The smallest absolute Gasteiger partial charge is 0 e. The molecular weight excluding hydrogens is 303 g/mol. The second-order valence-electron chi connectivity index (χ2n) is 0. The zero-order valence-corrected chi connectivity index (χ0v) is 6.63. The molecule has 0 aliphatic carbocycles. The molecule has 5 radical (unpaired) electrons. The Morgan fingerprint density at radius 1 is 0.750 bits per heavy atom. The summed E-state index contributed by atoms with van der Waals surface area (Å²) in [5, 5.41) is 0. The van der Waals surface area contributed by atoms with Crippen LogP contribution in [0.4, 0.5) is 0 Å². The van der Waals surface area contributed by atoms with E-state index in [1.165, 1.54) is 0 Å². The summed E-state index contributed by atoms with van der Waals surface area (Å²) < 4.78 is 0. The average Bonchev–Trinajstić information content (AvgIpc) is 0. The molecule has 0 unspecified atom stereocenters. The van der Waals surface area contributed by atoms with Crippen molar-refractivity contribution in [3.8, 4) is 0 Å². The Bertz CT molecular complexity index is 6.00. The van der Waals surface area contributed by atoms with Gasteiger partial charge in [0.15, 0.2) is 0 Å². The van der Waals surface area contributed by atoms with E-state index in [1.54, 1.807) is 0 Å². The Kier molecular flexibility index (Phi) is 366. The largest absolute Gasteiger partial charge is 0.412 e. The van der Waals surface area contributed by atoms with Crippen LogP contribution < -0.4 is 0 Å². The summed E-state index contributed by atoms with van der Waals surface area (Å²) in [6.07, 6.45) is 0. The van der Waals surface area contributed by atoms with Gasteiger partial charge in [0.2, 0.25) is 0 Å². The molecule has 4 heavy (non-hydrogen) atoms. The van der Waals surface area contributed by atoms with E-state index in [-0.39, 0.29) is 55.3 Å². The van der Waals surface area contributed by atoms with Gasteiger partial charge in [0.1, 0.15) is 0 Å². The molecule has 0 fully saturated rings. The second kappa shape index (κ2) is 26.6. The minimum Gasteiger partial charge on any atom is -0.412 e. The van der Waals surface area contributed by atoms with Gasteiger partial charge in [-0.3, -0.25) is 0 Å². The van der Waals surface area contributed by atoms with Gasteiger partial charge in [-0.25, -0.2) is 0 Å². The van der Waals surface area contributed by atoms with Crippen LogP contribution in [0.25, 0.3) is 0 Å². The van der Waals surface area contributed by atoms with E-state index < -0.39 is 0 Å². The summed E-state index contributed by atoms with van der Waals surface area (Å²) in [4.78, 5) is 0. The van der Waals surface area contributed by atoms with Gasteiger partial charge in [0.25, 0.3) is 0 Å². The minimum absolute atomic E-state index is 0. The predicted molar refractivity (Wildman–Crippen MR) is 13.0 cm³/mol. The predicted octanol–water partition coefficient (Wildman–Crippen LogP) is -2.03. The molecule has 31 valence electrons. The first-order chi connectivity index (χ1) is 0. The SMILES string of the molecule is O.O.[Cu].[Pb]. The Hall–Kier alpha value is 1.36. The van der Waals surface area contributed by atoms with Gasteiger partial charge in [0.05, 0.1) is 0 Å². The van der Waals surface area contributed by atoms with Crippen molar-refractivity contribution >= 4 is 27.3 Å². The number of rotatable bonds is 0. The third kappa shape index (κ3) is 10.1. The number of hydrogen-bond acceptors (Lipinski definition) is 0. The molecule has 0 saturated heterocycles. The molecule has 0 saturated carbocycles. The van der Waals surface area contributed by atoms with E-state index in [0.29, 0.717) is 0 Å². The maximum Gasteiger partial charge on any atom is 0 e. The Labute approximate surface area is 55.2 Å². The van der Waals surface area contributed by atoms with Crippen LogP contribution in [0.15, 0.2) is 0 Å². The van der Waals surface area contributed by atoms with Crippen LogP contribution in [-0.4, -0.2) is 38.3 Å². The van der Waals surface area contributed by atoms with Crippen LogP contribution in [-0.2, 0) is 17.1 Å². The van der Waals surface area contributed by atoms with Gasteiger partial charge < -0.3 is 11.0 Å². The monoisotopic (exact) mass is 307 g/mol. The van der Waals surface area contributed by atoms with Crippen molar-refractivity contribution in [2.45, 2.75) is 0 Å². The van der Waals surface area contributed by atoms with Gasteiger partial charge in [-0.2, -0.15) is 0 Å². The molecule has 2 nitrogen and oxygen atoms in total. The Morgan fingerprint density at radius 2 is 0.750 bits per heavy atom. The molecule has 0 spiro atoms. The molecule has 0 aliphatic heterocycles. The van der Waals surface area contributed by atoms with Crippen LogP contribution in [0.2, 0.25) is 0 Å². The summed E-state index contributed by atoms with van der Waals surface area (Å²) in [5.74, 6) is 0. The maximum atomic E-state index is 0. The summed E-state index contributed by atoms with van der Waals surface area (Å²) in [5.41, 5.74) is 0. The van der Waals surface area contributed by atoms with Crippen LogP contribution >= 0.6 is 0 Å². The Balaban J connectivity index is 0. The van der Waals surface area contributed by atoms with Crippen molar-refractivity contribution in [2.24, 2.45) is 0 Å². The van der Waals surface area contributed by atoms with E-state index in [9.17, 15) is 0 Å². The molecule has 4 heteroatoms. The topological polar surface area (TPSA) is 63.0 Å². The first-order valence-corrected chi connectivity index (χ1v) is 0. The van der Waals surface area contributed by atoms with E-state index in [2.05, 4.69) is 0 Å². The Morgan fingerprint density at radius 3 is 0.750 bits per heavy atom. The van der Waals surface area contributed by atoms with E-state index in [4.69, 9.17) is 0 Å². The zero-order valence-electron chi connectivity index (χ0n) is 1.80. The minimum atomic E-state index is 0. The van der Waals surface area contributed by atoms with Crippen molar-refractivity contribution in [3.05, 3.63) is 0 Å². The van der Waals surface area contributed by atoms with Crippen molar-refractivity contribution in [2.75, 3.05) is 0 Å². The van der Waals surface area contributed by atoms with Gasteiger partial charge in [0, 0.05) is 44.4 Å². The normalized spacial score (nSPS) is 0. The molecule has 0 aliphatic rings. The fraction of sp³-hybridized carbons (Fsp3) is 0. The second-order valence-corrected chi connectivity index (χ2v) is 0. The van der Waals surface area contributed by atoms with Crippen LogP contribution in [0.1, 0.15) is 0 Å². The van der Waals surface area contributed by atoms with Gasteiger partial charge >= 0.3 is 0 Å². The third-order valence-corrected chi connectivity index (χ3v) is 0. The van der Waals surface area contributed by atoms with Crippen molar-refractivity contribution in [1.82, 2.24) is 0 Å². The third-order valence-electron chi connectivity index (χ3n) is 0. The van der Waals surface area contributed by atoms with Crippen LogP contribution in [0.3, 0.4) is 0 Å². The molecule has 4 N–H and O–H groups in total. The van der Waals surface area contributed by atoms with Gasteiger partial charge in [-0.05, 0) is 0 Å². The standard InChI is InChI=1S/Cu.2H2O.Pb/h;2*1H2;. The molecule has 0 atom stereocenters. The molecule has 0 aromatic rings. The summed E-state index contributed by atoms with van der Waals surface area (Å²) in [7, 11) is 0. The molecule has 0 rings (SSSR count). The van der Waals surface area contributed by atoms with Crippen molar-refractivity contribution < 1.29 is 28.0 Å². The quantitative estimate of drug-likeness (QED) is 0.463. The zero-order chi connectivity index (χ0) is 0. The fourth-order valence-corrected chi connectivity index (χ4v) is 0. The van der Waals surface area contributed by atoms with E-state index in [0.717, 1.165) is 0 Å². The molecule has 0 amide bonds. The van der Waals surface area contributed by atoms with Gasteiger partial charge in [-0.1, -0.05) is 0 Å². The molecule has 0 aromatic heterocycles. The molecule has 0 heterocycles. The summed E-state index contributed by atoms with van der Waals surface area (Å²) in [6, 6.07) is 0. The van der Waals surface area contributed by atoms with Crippen LogP contribution in [0, 0.1) is 0 Å². The van der Waals surface area contributed by atoms with Crippen LogP contribution in [0.5, 0.6) is 0 Å². The fourth-order valence-electron chi connectivity index (χ4n) is 0. The summed E-state index contributed by atoms with van der Waals surface area (Å²) >= 11 is 0. The van der Waals surface area contributed by atoms with E-state index >= 15 is 0 Å². The van der Waals surface area contributed by atoms with Crippen molar-refractivity contribution in [3.63, 3.8) is 0 Å². The van der Waals surface area contributed by atoms with Gasteiger partial charge in [-0.15, -0.1) is 0 Å². The first-order valence-electron chi connectivity index (χ1n) is 0. The summed E-state index contributed by atoms with van der Waals surface area (Å²) in [6.45, 7) is 0. The average molecular weight is 307 g/mol.